The average molecular weight is 389 g/mol. The summed E-state index contributed by atoms with van der Waals surface area (Å²) >= 11 is 0. The number of anilines is 2. The summed E-state index contributed by atoms with van der Waals surface area (Å²) in [6, 6.07) is 14.0. The molecule has 0 unspecified atom stereocenters. The van der Waals surface area contributed by atoms with Crippen molar-refractivity contribution >= 4 is 27.3 Å². The zero-order valence-electron chi connectivity index (χ0n) is 15.4. The molecule has 1 N–H and O–H groups in total. The van der Waals surface area contributed by atoms with E-state index in [4.69, 9.17) is 4.74 Å². The first-order valence-electron chi connectivity index (χ1n) is 8.67. The molecule has 0 aromatic heterocycles. The molecule has 0 atom stereocenters. The van der Waals surface area contributed by atoms with E-state index < -0.39 is 10.0 Å². The van der Waals surface area contributed by atoms with E-state index in [1.807, 2.05) is 24.3 Å². The minimum Gasteiger partial charge on any atom is -0.497 e. The quantitative estimate of drug-likeness (QED) is 0.848. The minimum absolute atomic E-state index is 0.195. The minimum atomic E-state index is -3.56. The molecule has 7 nitrogen and oxygen atoms in total. The molecule has 1 aliphatic rings. The van der Waals surface area contributed by atoms with Gasteiger partial charge in [-0.3, -0.25) is 4.79 Å². The number of piperazine rings is 1. The Bertz CT molecular complexity index is 905. The number of rotatable bonds is 5. The third kappa shape index (κ3) is 4.40. The number of nitrogens with zero attached hydrogens (tertiary/aromatic N) is 2. The zero-order valence-corrected chi connectivity index (χ0v) is 16.2. The fraction of sp³-hybridized carbons (Fsp3) is 0.316. The number of carbonyl (C=O) groups excluding carboxylic acids is 1. The molecule has 1 heterocycles. The van der Waals surface area contributed by atoms with Crippen LogP contribution in [0, 0.1) is 0 Å². The van der Waals surface area contributed by atoms with Crippen LogP contribution in [-0.2, 0) is 14.8 Å². The summed E-state index contributed by atoms with van der Waals surface area (Å²) in [6.45, 7) is 3.44. The first kappa shape index (κ1) is 19.2. The van der Waals surface area contributed by atoms with Crippen LogP contribution in [0.5, 0.6) is 5.75 Å². The maximum absolute atomic E-state index is 12.9. The molecule has 1 amide bonds. The largest absolute Gasteiger partial charge is 0.497 e. The van der Waals surface area contributed by atoms with Gasteiger partial charge in [-0.2, -0.15) is 4.31 Å². The van der Waals surface area contributed by atoms with E-state index in [0.29, 0.717) is 31.9 Å². The van der Waals surface area contributed by atoms with Crippen LogP contribution in [0.15, 0.2) is 53.4 Å². The third-order valence-electron chi connectivity index (χ3n) is 4.47. The monoisotopic (exact) mass is 389 g/mol. The molecule has 27 heavy (non-hydrogen) atoms. The van der Waals surface area contributed by atoms with Gasteiger partial charge in [0.1, 0.15) is 5.75 Å². The first-order chi connectivity index (χ1) is 12.9. The molecule has 0 radical (unpaired) electrons. The summed E-state index contributed by atoms with van der Waals surface area (Å²) in [4.78, 5) is 13.5. The molecule has 0 bridgehead atoms. The van der Waals surface area contributed by atoms with Gasteiger partial charge in [-0.1, -0.05) is 6.07 Å². The lowest BCUT2D eigenvalue weighted by Crippen LogP contribution is -2.48. The van der Waals surface area contributed by atoms with Gasteiger partial charge < -0.3 is 15.0 Å². The molecule has 1 fully saturated rings. The summed E-state index contributed by atoms with van der Waals surface area (Å²) in [6.07, 6.45) is 0. The number of hydrogen-bond acceptors (Lipinski definition) is 5. The second-order valence-corrected chi connectivity index (χ2v) is 8.24. The Morgan fingerprint density at radius 3 is 2.30 bits per heavy atom. The summed E-state index contributed by atoms with van der Waals surface area (Å²) in [5.41, 5.74) is 1.59. The second kappa shape index (κ2) is 7.98. The van der Waals surface area contributed by atoms with E-state index in [9.17, 15) is 13.2 Å². The number of sulfonamides is 1. The van der Waals surface area contributed by atoms with Crippen molar-refractivity contribution in [3.8, 4) is 5.75 Å². The zero-order chi connectivity index (χ0) is 19.4. The first-order valence-corrected chi connectivity index (χ1v) is 10.1. The summed E-state index contributed by atoms with van der Waals surface area (Å²) in [5, 5.41) is 2.63. The number of carbonyl (C=O) groups is 1. The molecular formula is C19H23N3O4S. The smallest absolute Gasteiger partial charge is 0.243 e. The van der Waals surface area contributed by atoms with E-state index in [1.165, 1.54) is 23.4 Å². The summed E-state index contributed by atoms with van der Waals surface area (Å²) < 4.78 is 32.5. The van der Waals surface area contributed by atoms with Gasteiger partial charge in [-0.05, 0) is 36.4 Å². The number of benzene rings is 2. The van der Waals surface area contributed by atoms with Crippen LogP contribution in [0.3, 0.4) is 0 Å². The van der Waals surface area contributed by atoms with Gasteiger partial charge >= 0.3 is 0 Å². The van der Waals surface area contributed by atoms with Gasteiger partial charge in [-0.25, -0.2) is 8.42 Å². The van der Waals surface area contributed by atoms with Crippen molar-refractivity contribution in [1.29, 1.82) is 0 Å². The predicted molar refractivity (Wildman–Crippen MR) is 105 cm³/mol. The Morgan fingerprint density at radius 1 is 1.04 bits per heavy atom. The molecule has 2 aromatic rings. The number of hydrogen-bond donors (Lipinski definition) is 1. The second-order valence-electron chi connectivity index (χ2n) is 6.30. The number of nitrogens with one attached hydrogen (secondary N) is 1. The van der Waals surface area contributed by atoms with E-state index in [0.717, 1.165) is 11.4 Å². The van der Waals surface area contributed by atoms with Crippen molar-refractivity contribution in [3.63, 3.8) is 0 Å². The fourth-order valence-electron chi connectivity index (χ4n) is 3.06. The highest BCUT2D eigenvalue weighted by Crippen LogP contribution is 2.24. The van der Waals surface area contributed by atoms with Crippen molar-refractivity contribution in [2.24, 2.45) is 0 Å². The molecule has 0 saturated carbocycles. The Labute approximate surface area is 159 Å². The lowest BCUT2D eigenvalue weighted by molar-refractivity contribution is -0.114. The Kier molecular flexibility index (Phi) is 5.67. The molecular weight excluding hydrogens is 366 g/mol. The van der Waals surface area contributed by atoms with Crippen LogP contribution >= 0.6 is 0 Å². The summed E-state index contributed by atoms with van der Waals surface area (Å²) in [7, 11) is -1.93. The topological polar surface area (TPSA) is 79.0 Å². The number of ether oxygens (including phenoxy) is 1. The maximum Gasteiger partial charge on any atom is 0.243 e. The maximum atomic E-state index is 12.9. The fourth-order valence-corrected chi connectivity index (χ4v) is 4.48. The van der Waals surface area contributed by atoms with Crippen LogP contribution in [0.25, 0.3) is 0 Å². The molecule has 144 valence electrons. The van der Waals surface area contributed by atoms with Crippen molar-refractivity contribution < 1.29 is 17.9 Å². The number of methoxy groups -OCH3 is 1. The number of amides is 1. The van der Waals surface area contributed by atoms with Crippen LogP contribution in [0.4, 0.5) is 11.4 Å². The molecule has 8 heteroatoms. The lowest BCUT2D eigenvalue weighted by Gasteiger charge is -2.35. The van der Waals surface area contributed by atoms with Crippen LogP contribution in [0.2, 0.25) is 0 Å². The molecule has 0 spiro atoms. The van der Waals surface area contributed by atoms with Crippen LogP contribution in [0.1, 0.15) is 6.92 Å². The highest BCUT2D eigenvalue weighted by molar-refractivity contribution is 7.89. The Morgan fingerprint density at radius 2 is 1.70 bits per heavy atom. The predicted octanol–water partition coefficient (Wildman–Crippen LogP) is 2.16. The van der Waals surface area contributed by atoms with Gasteiger partial charge in [-0.15, -0.1) is 0 Å². The van der Waals surface area contributed by atoms with E-state index in [-0.39, 0.29) is 10.8 Å². The Hall–Kier alpha value is -2.58. The van der Waals surface area contributed by atoms with Gasteiger partial charge in [0.2, 0.25) is 15.9 Å². The molecule has 1 saturated heterocycles. The normalized spacial score (nSPS) is 15.4. The Balaban J connectivity index is 1.68. The van der Waals surface area contributed by atoms with E-state index in [2.05, 4.69) is 10.2 Å². The summed E-state index contributed by atoms with van der Waals surface area (Å²) in [5.74, 6) is 0.584. The standard InChI is InChI=1S/C19H23N3O4S/c1-15(23)20-16-6-8-19(9-7-16)27(24,25)22-12-10-21(11-13-22)17-4-3-5-18(14-17)26-2/h3-9,14H,10-13H2,1-2H3,(H,20,23). The molecule has 3 rings (SSSR count). The molecule has 0 aliphatic carbocycles. The van der Waals surface area contributed by atoms with Gasteiger partial charge in [0.05, 0.1) is 12.0 Å². The molecule has 2 aromatic carbocycles. The third-order valence-corrected chi connectivity index (χ3v) is 6.38. The van der Waals surface area contributed by atoms with Gasteiger partial charge in [0, 0.05) is 50.5 Å². The lowest BCUT2D eigenvalue weighted by atomic mass is 10.2. The average Bonchev–Trinajstić information content (AvgIpc) is 2.68. The highest BCUT2D eigenvalue weighted by atomic mass is 32.2. The van der Waals surface area contributed by atoms with E-state index in [1.54, 1.807) is 19.2 Å². The SMILES string of the molecule is COc1cccc(N2CCN(S(=O)(=O)c3ccc(NC(C)=O)cc3)CC2)c1. The van der Waals surface area contributed by atoms with Crippen LogP contribution < -0.4 is 15.0 Å². The molecule has 1 aliphatic heterocycles. The van der Waals surface area contributed by atoms with Crippen LogP contribution in [-0.4, -0.2) is 51.9 Å². The van der Waals surface area contributed by atoms with Gasteiger partial charge in [0.15, 0.2) is 0 Å². The van der Waals surface area contributed by atoms with Crippen molar-refractivity contribution in [2.45, 2.75) is 11.8 Å². The van der Waals surface area contributed by atoms with Crippen molar-refractivity contribution in [3.05, 3.63) is 48.5 Å². The van der Waals surface area contributed by atoms with E-state index >= 15 is 0 Å². The van der Waals surface area contributed by atoms with Crippen molar-refractivity contribution in [2.75, 3.05) is 43.5 Å². The highest BCUT2D eigenvalue weighted by Gasteiger charge is 2.28. The van der Waals surface area contributed by atoms with Crippen molar-refractivity contribution in [1.82, 2.24) is 4.31 Å². The van der Waals surface area contributed by atoms with Gasteiger partial charge in [0.25, 0.3) is 0 Å².